The Morgan fingerprint density at radius 3 is 2.61 bits per heavy atom. The van der Waals surface area contributed by atoms with Crippen molar-refractivity contribution in [3.05, 3.63) is 96.2 Å². The molecule has 1 aliphatic rings. The van der Waals surface area contributed by atoms with Gasteiger partial charge in [-0.15, -0.1) is 0 Å². The zero-order valence-corrected chi connectivity index (χ0v) is 23.6. The molecule has 0 amide bonds. The van der Waals surface area contributed by atoms with Gasteiger partial charge in [-0.2, -0.15) is 8.78 Å². The molecule has 1 saturated carbocycles. The first kappa shape index (κ1) is 29.2. The Morgan fingerprint density at radius 2 is 2.05 bits per heavy atom. The van der Waals surface area contributed by atoms with Crippen molar-refractivity contribution < 1.29 is 17.9 Å². The lowest BCUT2D eigenvalue weighted by Crippen LogP contribution is -2.37. The van der Waals surface area contributed by atoms with E-state index in [4.69, 9.17) is 14.9 Å². The molecule has 1 fully saturated rings. The van der Waals surface area contributed by atoms with Crippen molar-refractivity contribution in [3.8, 4) is 0 Å². The lowest BCUT2D eigenvalue weighted by molar-refractivity contribution is 0.0985. The first-order valence-electron chi connectivity index (χ1n) is 12.5. The van der Waals surface area contributed by atoms with E-state index in [2.05, 4.69) is 28.4 Å². The molecule has 1 aromatic heterocycles. The number of aromatic nitrogens is 1. The fraction of sp³-hybridized carbons (Fsp3) is 0.345. The van der Waals surface area contributed by atoms with E-state index in [1.807, 2.05) is 58.2 Å². The summed E-state index contributed by atoms with van der Waals surface area (Å²) in [7, 11) is 3.52. The van der Waals surface area contributed by atoms with Gasteiger partial charge in [0.1, 0.15) is 6.26 Å². The molecule has 0 saturated heterocycles. The molecule has 6 nitrogen and oxygen atoms in total. The van der Waals surface area contributed by atoms with E-state index in [9.17, 15) is 8.78 Å². The van der Waals surface area contributed by atoms with Gasteiger partial charge in [0.2, 0.25) is 5.89 Å². The molecule has 0 radical (unpaired) electrons. The van der Waals surface area contributed by atoms with E-state index in [1.54, 1.807) is 12.1 Å². The van der Waals surface area contributed by atoms with Crippen LogP contribution in [-0.2, 0) is 10.4 Å². The molecule has 1 aromatic carbocycles. The highest BCUT2D eigenvalue weighted by molar-refractivity contribution is 7.17. The van der Waals surface area contributed by atoms with Gasteiger partial charge in [-0.1, -0.05) is 33.5 Å². The first-order chi connectivity index (χ1) is 17.9. The van der Waals surface area contributed by atoms with Gasteiger partial charge in [-0.25, -0.2) is 4.98 Å². The largest absolute Gasteiger partial charge is 0.477 e. The van der Waals surface area contributed by atoms with Crippen molar-refractivity contribution in [3.63, 3.8) is 0 Å². The lowest BCUT2D eigenvalue weighted by atomic mass is 9.90. The standard InChI is InChI=1S/C29H37F2N4O2P/c1-7-22(33-20(5)37-18(2)3)13-11-19(4)15-25(28-34-27(17-36-28)29(30,31)38)24-14-12-21(32)16-26(24)35(6)23-9-8-10-23/h7,11-18,23,33H,1,5,8-10,32,38H2,2-4,6H3/b19-11+,22-13+,25-15-. The third-order valence-corrected chi connectivity index (χ3v) is 6.47. The van der Waals surface area contributed by atoms with Crippen LogP contribution in [0, 0.1) is 0 Å². The average Bonchev–Trinajstić information content (AvgIpc) is 3.29. The summed E-state index contributed by atoms with van der Waals surface area (Å²) in [6.45, 7) is 13.4. The van der Waals surface area contributed by atoms with Crippen LogP contribution in [-0.4, -0.2) is 24.2 Å². The van der Waals surface area contributed by atoms with Crippen LogP contribution in [0.25, 0.3) is 5.57 Å². The molecule has 0 aliphatic heterocycles. The molecule has 0 spiro atoms. The number of alkyl halides is 2. The number of hydrogen-bond donors (Lipinski definition) is 2. The number of rotatable bonds is 12. The summed E-state index contributed by atoms with van der Waals surface area (Å²) in [5.41, 5.74) is 6.83. The third-order valence-electron chi connectivity index (χ3n) is 6.17. The number of nitrogens with zero attached hydrogens (tertiary/aromatic N) is 2. The van der Waals surface area contributed by atoms with Crippen molar-refractivity contribution >= 4 is 26.2 Å². The van der Waals surface area contributed by atoms with Crippen molar-refractivity contribution in [2.45, 2.75) is 57.8 Å². The fourth-order valence-electron chi connectivity index (χ4n) is 3.98. The van der Waals surface area contributed by atoms with Gasteiger partial charge in [0.25, 0.3) is 0 Å². The zero-order chi connectivity index (χ0) is 28.0. The molecular weight excluding hydrogens is 505 g/mol. The van der Waals surface area contributed by atoms with Crippen LogP contribution in [0.3, 0.4) is 0 Å². The number of benzene rings is 1. The predicted octanol–water partition coefficient (Wildman–Crippen LogP) is 7.10. The summed E-state index contributed by atoms with van der Waals surface area (Å²) in [6, 6.07) is 5.94. The van der Waals surface area contributed by atoms with E-state index in [0.717, 1.165) is 35.9 Å². The second-order valence-corrected chi connectivity index (χ2v) is 10.4. The quantitative estimate of drug-likeness (QED) is 0.129. The number of ether oxygens (including phenoxy) is 1. The number of nitrogens with two attached hydrogens (primary N) is 1. The highest BCUT2D eigenvalue weighted by Gasteiger charge is 2.31. The topological polar surface area (TPSA) is 76.5 Å². The van der Waals surface area contributed by atoms with Gasteiger partial charge >= 0.3 is 5.66 Å². The molecule has 1 heterocycles. The molecule has 9 heteroatoms. The Hall–Kier alpha value is -3.38. The first-order valence-corrected chi connectivity index (χ1v) is 13.1. The highest BCUT2D eigenvalue weighted by Crippen LogP contribution is 2.39. The fourth-order valence-corrected chi connectivity index (χ4v) is 4.11. The number of oxazole rings is 1. The highest BCUT2D eigenvalue weighted by atomic mass is 31.0. The number of hydrogen-bond acceptors (Lipinski definition) is 6. The van der Waals surface area contributed by atoms with E-state index in [-0.39, 0.29) is 12.0 Å². The van der Waals surface area contributed by atoms with Crippen molar-refractivity contribution in [2.75, 3.05) is 17.7 Å². The molecule has 1 aliphatic carbocycles. The van der Waals surface area contributed by atoms with Crippen LogP contribution in [0.2, 0.25) is 0 Å². The molecule has 1 atom stereocenters. The maximum absolute atomic E-state index is 14.0. The van der Waals surface area contributed by atoms with Crippen LogP contribution < -0.4 is 16.0 Å². The van der Waals surface area contributed by atoms with E-state index in [0.29, 0.717) is 28.9 Å². The van der Waals surface area contributed by atoms with E-state index in [1.165, 1.54) is 15.7 Å². The van der Waals surface area contributed by atoms with Crippen LogP contribution in [0.15, 0.2) is 83.5 Å². The Balaban J connectivity index is 2.07. The number of anilines is 2. The molecule has 3 N–H and O–H groups in total. The molecule has 3 rings (SSSR count). The van der Waals surface area contributed by atoms with Gasteiger partial charge < -0.3 is 25.1 Å². The molecule has 0 bridgehead atoms. The number of allylic oxidation sites excluding steroid dienone is 5. The second kappa shape index (κ2) is 12.4. The third kappa shape index (κ3) is 7.57. The van der Waals surface area contributed by atoms with Gasteiger partial charge in [-0.3, -0.25) is 0 Å². The number of nitrogen functional groups attached to an aromatic ring is 1. The molecule has 204 valence electrons. The molecule has 38 heavy (non-hydrogen) atoms. The number of halogens is 2. The molecular formula is C29H37F2N4O2P. The SMILES string of the molecule is C=C\C(=C/C=C(C)/C=C(\c1nc(C(F)(F)P)co1)c1ccc(N)cc1N(C)C1CCC1)NC(=C)OC(C)C. The summed E-state index contributed by atoms with van der Waals surface area (Å²) in [5.74, 6) is 0.498. The summed E-state index contributed by atoms with van der Waals surface area (Å²) in [6.07, 6.45) is 11.5. The minimum atomic E-state index is -3.21. The Bertz CT molecular complexity index is 1250. The normalized spacial score (nSPS) is 15.3. The smallest absolute Gasteiger partial charge is 0.303 e. The lowest BCUT2D eigenvalue weighted by Gasteiger charge is -2.37. The van der Waals surface area contributed by atoms with Crippen molar-refractivity contribution in [1.82, 2.24) is 10.3 Å². The minimum absolute atomic E-state index is 0.0180. The molecule has 2 aromatic rings. The maximum Gasteiger partial charge on any atom is 0.303 e. The van der Waals surface area contributed by atoms with E-state index >= 15 is 0 Å². The summed E-state index contributed by atoms with van der Waals surface area (Å²) < 4.78 is 39.1. The Kier molecular flexibility index (Phi) is 9.55. The van der Waals surface area contributed by atoms with Gasteiger partial charge in [0.15, 0.2) is 11.6 Å². The zero-order valence-electron chi connectivity index (χ0n) is 22.4. The van der Waals surface area contributed by atoms with Crippen LogP contribution in [0.1, 0.15) is 57.2 Å². The van der Waals surface area contributed by atoms with Gasteiger partial charge in [0, 0.05) is 41.3 Å². The minimum Gasteiger partial charge on any atom is -0.477 e. The van der Waals surface area contributed by atoms with Crippen LogP contribution in [0.4, 0.5) is 20.2 Å². The van der Waals surface area contributed by atoms with Crippen molar-refractivity contribution in [2.24, 2.45) is 0 Å². The maximum atomic E-state index is 14.0. The van der Waals surface area contributed by atoms with Crippen LogP contribution >= 0.6 is 9.24 Å². The second-order valence-electron chi connectivity index (χ2n) is 9.64. The van der Waals surface area contributed by atoms with Crippen LogP contribution in [0.5, 0.6) is 0 Å². The summed E-state index contributed by atoms with van der Waals surface area (Å²) >= 11 is 0. The summed E-state index contributed by atoms with van der Waals surface area (Å²) in [5, 5.41) is 3.07. The van der Waals surface area contributed by atoms with Gasteiger partial charge in [0.05, 0.1) is 6.10 Å². The average molecular weight is 543 g/mol. The Morgan fingerprint density at radius 1 is 1.34 bits per heavy atom. The monoisotopic (exact) mass is 542 g/mol. The van der Waals surface area contributed by atoms with Gasteiger partial charge in [-0.05, 0) is 77.0 Å². The van der Waals surface area contributed by atoms with E-state index < -0.39 is 11.4 Å². The number of nitrogens with one attached hydrogen (secondary N) is 1. The Labute approximate surface area is 226 Å². The van der Waals surface area contributed by atoms with Crippen molar-refractivity contribution in [1.29, 1.82) is 0 Å². The molecule has 1 unspecified atom stereocenters. The predicted molar refractivity (Wildman–Crippen MR) is 155 cm³/mol. The summed E-state index contributed by atoms with van der Waals surface area (Å²) in [4.78, 5) is 6.33.